The molecule has 0 fully saturated rings. The van der Waals surface area contributed by atoms with Gasteiger partial charge in [0.2, 0.25) is 0 Å². The normalized spacial score (nSPS) is 9.35. The van der Waals surface area contributed by atoms with Gasteiger partial charge in [-0.2, -0.15) is 0 Å². The maximum atomic E-state index is 11.9. The number of hydrogen-bond acceptors (Lipinski definition) is 2. The van der Waals surface area contributed by atoms with Crippen LogP contribution in [0.15, 0.2) is 43.0 Å². The van der Waals surface area contributed by atoms with Crippen molar-refractivity contribution in [3.8, 4) is 0 Å². The number of carbonyl (C=O) groups excluding carboxylic acids is 1. The third kappa shape index (κ3) is 3.55. The van der Waals surface area contributed by atoms with Gasteiger partial charge in [-0.15, -0.1) is 0 Å². The number of rotatable bonds is 3. The maximum absolute atomic E-state index is 11.9. The van der Waals surface area contributed by atoms with Crippen LogP contribution < -0.4 is 0 Å². The van der Waals surface area contributed by atoms with Crippen molar-refractivity contribution < 1.29 is 4.79 Å². The molecular weight excluding hydrogens is 212 g/mol. The first kappa shape index (κ1) is 13.2. The molecule has 0 atom stereocenters. The Balaban J connectivity index is 0.000000686. The molecule has 1 aromatic heterocycles. The standard InChI is InChI=1S/C12H12N2O.C2H6/c1-10-4-2-3-5-11(10)12(15)8-14-7-6-13-9-14;1-2/h2-7,9H,8H2,1H3;1-2H3. The summed E-state index contributed by atoms with van der Waals surface area (Å²) in [5.41, 5.74) is 1.80. The van der Waals surface area contributed by atoms with E-state index in [1.807, 2.05) is 45.0 Å². The molecule has 0 aliphatic rings. The van der Waals surface area contributed by atoms with E-state index >= 15 is 0 Å². The predicted octanol–water partition coefficient (Wildman–Crippen LogP) is 3.10. The number of aryl methyl sites for hydroxylation is 1. The highest BCUT2D eigenvalue weighted by Gasteiger charge is 2.08. The highest BCUT2D eigenvalue weighted by Crippen LogP contribution is 2.08. The van der Waals surface area contributed by atoms with Crippen LogP contribution in [0.4, 0.5) is 0 Å². The molecule has 0 spiro atoms. The summed E-state index contributed by atoms with van der Waals surface area (Å²) in [5, 5.41) is 0. The van der Waals surface area contributed by atoms with E-state index in [9.17, 15) is 4.79 Å². The number of carbonyl (C=O) groups is 1. The molecule has 90 valence electrons. The fraction of sp³-hybridized carbons (Fsp3) is 0.286. The minimum absolute atomic E-state index is 0.117. The summed E-state index contributed by atoms with van der Waals surface area (Å²) in [6.07, 6.45) is 5.11. The Hall–Kier alpha value is -1.90. The van der Waals surface area contributed by atoms with Crippen LogP contribution in [-0.4, -0.2) is 15.3 Å². The van der Waals surface area contributed by atoms with Gasteiger partial charge in [-0.3, -0.25) is 4.79 Å². The van der Waals surface area contributed by atoms with E-state index in [0.717, 1.165) is 11.1 Å². The van der Waals surface area contributed by atoms with Crippen LogP contribution in [0.1, 0.15) is 29.8 Å². The summed E-state index contributed by atoms with van der Waals surface area (Å²) in [6.45, 7) is 6.30. The Labute approximate surface area is 102 Å². The molecule has 0 aliphatic heterocycles. The van der Waals surface area contributed by atoms with Crippen molar-refractivity contribution in [3.63, 3.8) is 0 Å². The molecule has 0 unspecified atom stereocenters. The van der Waals surface area contributed by atoms with Gasteiger partial charge in [0.25, 0.3) is 0 Å². The van der Waals surface area contributed by atoms with Crippen LogP contribution in [0.2, 0.25) is 0 Å². The molecule has 3 nitrogen and oxygen atoms in total. The Kier molecular flexibility index (Phi) is 5.14. The van der Waals surface area contributed by atoms with Crippen LogP contribution >= 0.6 is 0 Å². The van der Waals surface area contributed by atoms with Gasteiger partial charge < -0.3 is 4.57 Å². The van der Waals surface area contributed by atoms with Crippen LogP contribution in [0.5, 0.6) is 0 Å². The molecule has 0 amide bonds. The predicted molar refractivity (Wildman–Crippen MR) is 69.1 cm³/mol. The first-order valence-electron chi connectivity index (χ1n) is 5.82. The van der Waals surface area contributed by atoms with Crippen molar-refractivity contribution in [3.05, 3.63) is 54.1 Å². The average Bonchev–Trinajstić information content (AvgIpc) is 2.85. The molecule has 0 aliphatic carbocycles. The van der Waals surface area contributed by atoms with Crippen molar-refractivity contribution in [1.29, 1.82) is 0 Å². The number of aromatic nitrogens is 2. The zero-order valence-electron chi connectivity index (χ0n) is 10.6. The van der Waals surface area contributed by atoms with E-state index < -0.39 is 0 Å². The van der Waals surface area contributed by atoms with E-state index in [-0.39, 0.29) is 5.78 Å². The Morgan fingerprint density at radius 1 is 1.29 bits per heavy atom. The molecule has 1 heterocycles. The number of hydrogen-bond donors (Lipinski definition) is 0. The second kappa shape index (κ2) is 6.63. The molecule has 0 radical (unpaired) electrons. The lowest BCUT2D eigenvalue weighted by Gasteiger charge is -2.04. The molecule has 0 saturated heterocycles. The zero-order valence-corrected chi connectivity index (χ0v) is 10.6. The third-order valence-corrected chi connectivity index (χ3v) is 2.33. The lowest BCUT2D eigenvalue weighted by molar-refractivity contribution is 0.0971. The summed E-state index contributed by atoms with van der Waals surface area (Å²) < 4.78 is 1.77. The summed E-state index contributed by atoms with van der Waals surface area (Å²) >= 11 is 0. The van der Waals surface area contributed by atoms with Crippen molar-refractivity contribution >= 4 is 5.78 Å². The molecule has 0 saturated carbocycles. The van der Waals surface area contributed by atoms with Gasteiger partial charge in [-0.05, 0) is 12.5 Å². The second-order valence-corrected chi connectivity index (χ2v) is 3.47. The smallest absolute Gasteiger partial charge is 0.182 e. The molecule has 1 aromatic carbocycles. The van der Waals surface area contributed by atoms with Gasteiger partial charge in [-0.25, -0.2) is 4.98 Å². The minimum atomic E-state index is 0.117. The third-order valence-electron chi connectivity index (χ3n) is 2.33. The topological polar surface area (TPSA) is 34.9 Å². The van der Waals surface area contributed by atoms with Crippen molar-refractivity contribution in [2.45, 2.75) is 27.3 Å². The van der Waals surface area contributed by atoms with Crippen LogP contribution in [0, 0.1) is 6.92 Å². The summed E-state index contributed by atoms with van der Waals surface area (Å²) in [6, 6.07) is 7.62. The largest absolute Gasteiger partial charge is 0.330 e. The zero-order chi connectivity index (χ0) is 12.7. The Bertz CT molecular complexity index is 461. The number of Topliss-reactive ketones (excluding diaryl/α,β-unsaturated/α-hetero) is 1. The van der Waals surface area contributed by atoms with Gasteiger partial charge in [0.1, 0.15) is 0 Å². The van der Waals surface area contributed by atoms with E-state index in [1.165, 1.54) is 0 Å². The van der Waals surface area contributed by atoms with E-state index in [4.69, 9.17) is 0 Å². The number of ketones is 1. The molecule has 3 heteroatoms. The lowest BCUT2D eigenvalue weighted by Crippen LogP contribution is -2.10. The maximum Gasteiger partial charge on any atom is 0.182 e. The molecule has 0 bridgehead atoms. The van der Waals surface area contributed by atoms with Gasteiger partial charge in [0, 0.05) is 18.0 Å². The first-order chi connectivity index (χ1) is 8.27. The lowest BCUT2D eigenvalue weighted by atomic mass is 10.1. The number of benzene rings is 1. The number of imidazole rings is 1. The fourth-order valence-electron chi connectivity index (χ4n) is 1.52. The van der Waals surface area contributed by atoms with Crippen molar-refractivity contribution in [2.75, 3.05) is 0 Å². The fourth-order valence-corrected chi connectivity index (χ4v) is 1.52. The molecule has 17 heavy (non-hydrogen) atoms. The highest BCUT2D eigenvalue weighted by atomic mass is 16.1. The SMILES string of the molecule is CC.Cc1ccccc1C(=O)Cn1ccnc1. The summed E-state index contributed by atoms with van der Waals surface area (Å²) in [5.74, 6) is 0.117. The first-order valence-corrected chi connectivity index (χ1v) is 5.82. The Morgan fingerprint density at radius 3 is 2.59 bits per heavy atom. The summed E-state index contributed by atoms with van der Waals surface area (Å²) in [7, 11) is 0. The van der Waals surface area contributed by atoms with Gasteiger partial charge in [0.05, 0.1) is 12.9 Å². The van der Waals surface area contributed by atoms with Gasteiger partial charge in [-0.1, -0.05) is 38.1 Å². The average molecular weight is 230 g/mol. The van der Waals surface area contributed by atoms with Crippen LogP contribution in [-0.2, 0) is 6.54 Å². The monoisotopic (exact) mass is 230 g/mol. The number of nitrogens with zero attached hydrogens (tertiary/aromatic N) is 2. The van der Waals surface area contributed by atoms with Crippen molar-refractivity contribution in [2.24, 2.45) is 0 Å². The molecule has 0 N–H and O–H groups in total. The summed E-state index contributed by atoms with van der Waals surface area (Å²) in [4.78, 5) is 15.8. The van der Waals surface area contributed by atoms with Gasteiger partial charge in [0.15, 0.2) is 5.78 Å². The van der Waals surface area contributed by atoms with E-state index in [0.29, 0.717) is 6.54 Å². The van der Waals surface area contributed by atoms with E-state index in [1.54, 1.807) is 23.3 Å². The Morgan fingerprint density at radius 2 is 2.00 bits per heavy atom. The molecular formula is C14H18N2O. The van der Waals surface area contributed by atoms with Gasteiger partial charge >= 0.3 is 0 Å². The highest BCUT2D eigenvalue weighted by molar-refractivity contribution is 5.97. The quantitative estimate of drug-likeness (QED) is 0.759. The van der Waals surface area contributed by atoms with Crippen LogP contribution in [0.25, 0.3) is 0 Å². The second-order valence-electron chi connectivity index (χ2n) is 3.47. The van der Waals surface area contributed by atoms with Crippen LogP contribution in [0.3, 0.4) is 0 Å². The van der Waals surface area contributed by atoms with E-state index in [2.05, 4.69) is 4.98 Å². The molecule has 2 aromatic rings. The van der Waals surface area contributed by atoms with Crippen molar-refractivity contribution in [1.82, 2.24) is 9.55 Å². The molecule has 2 rings (SSSR count). The minimum Gasteiger partial charge on any atom is -0.330 e.